The van der Waals surface area contributed by atoms with Gasteiger partial charge in [-0.15, -0.1) is 0 Å². The van der Waals surface area contributed by atoms with Crippen molar-refractivity contribution in [1.82, 2.24) is 20.0 Å². The van der Waals surface area contributed by atoms with Crippen LogP contribution in [-0.4, -0.2) is 46.6 Å². The zero-order valence-electron chi connectivity index (χ0n) is 17.9. The third-order valence-electron chi connectivity index (χ3n) is 6.20. The highest BCUT2D eigenvalue weighted by molar-refractivity contribution is 6.04. The first kappa shape index (κ1) is 22.6. The number of carbonyl (C=O) groups is 2. The van der Waals surface area contributed by atoms with Crippen molar-refractivity contribution in [1.29, 1.82) is 0 Å². The van der Waals surface area contributed by atoms with Crippen molar-refractivity contribution in [2.24, 2.45) is 5.41 Å². The fourth-order valence-corrected chi connectivity index (χ4v) is 4.63. The van der Waals surface area contributed by atoms with Crippen LogP contribution in [0.5, 0.6) is 0 Å². The largest absolute Gasteiger partial charge is 0.419 e. The molecule has 174 valence electrons. The predicted octanol–water partition coefficient (Wildman–Crippen LogP) is 2.84. The first-order valence-electron chi connectivity index (χ1n) is 10.2. The van der Waals surface area contributed by atoms with Crippen molar-refractivity contribution in [3.8, 4) is 23.1 Å². The number of rotatable bonds is 3. The van der Waals surface area contributed by atoms with Crippen molar-refractivity contribution in [2.45, 2.75) is 32.0 Å². The van der Waals surface area contributed by atoms with Crippen molar-refractivity contribution in [2.75, 3.05) is 25.9 Å². The van der Waals surface area contributed by atoms with Gasteiger partial charge in [0.1, 0.15) is 22.9 Å². The molecule has 4 rings (SSSR count). The molecule has 0 unspecified atom stereocenters. The number of hydrogen-bond acceptors (Lipinski definition) is 4. The molecule has 11 heteroatoms. The van der Waals surface area contributed by atoms with E-state index in [1.54, 1.807) is 11.8 Å². The van der Waals surface area contributed by atoms with Crippen LogP contribution in [0.25, 0.3) is 11.3 Å². The van der Waals surface area contributed by atoms with Gasteiger partial charge < -0.3 is 16.0 Å². The van der Waals surface area contributed by atoms with Gasteiger partial charge in [-0.05, 0) is 43.9 Å². The molecule has 33 heavy (non-hydrogen) atoms. The van der Waals surface area contributed by atoms with Gasteiger partial charge in [0.15, 0.2) is 0 Å². The summed E-state index contributed by atoms with van der Waals surface area (Å²) < 4.78 is 54.8. The highest BCUT2D eigenvalue weighted by Gasteiger charge is 2.55. The Hall–Kier alpha value is -3.55. The maximum absolute atomic E-state index is 13.8. The number of nitrogens with one attached hydrogen (secondary N) is 1. The molecule has 1 aliphatic carbocycles. The number of benzene rings is 1. The Bertz CT molecular complexity index is 1190. The number of nitrogen functional groups attached to an aromatic ring is 1. The molecule has 2 aromatic rings. The van der Waals surface area contributed by atoms with Gasteiger partial charge in [-0.25, -0.2) is 9.07 Å². The van der Waals surface area contributed by atoms with Crippen LogP contribution >= 0.6 is 0 Å². The zero-order chi connectivity index (χ0) is 24.1. The summed E-state index contributed by atoms with van der Waals surface area (Å²) in [5.74, 6) is 2.84. The van der Waals surface area contributed by atoms with E-state index in [0.29, 0.717) is 38.1 Å². The maximum Gasteiger partial charge on any atom is 0.419 e. The Morgan fingerprint density at radius 3 is 2.52 bits per heavy atom. The summed E-state index contributed by atoms with van der Waals surface area (Å²) in [7, 11) is 1.37. The molecular weight excluding hydrogens is 442 g/mol. The molecule has 0 radical (unpaired) electrons. The number of amides is 2. The lowest BCUT2D eigenvalue weighted by atomic mass is 9.60. The van der Waals surface area contributed by atoms with Gasteiger partial charge in [0.25, 0.3) is 11.8 Å². The summed E-state index contributed by atoms with van der Waals surface area (Å²) >= 11 is 0. The lowest BCUT2D eigenvalue weighted by Crippen LogP contribution is -2.63. The molecule has 1 aromatic carbocycles. The Morgan fingerprint density at radius 2 is 1.94 bits per heavy atom. The molecule has 1 spiro atoms. The first-order chi connectivity index (χ1) is 15.5. The third-order valence-corrected chi connectivity index (χ3v) is 6.20. The average molecular weight is 463 g/mol. The summed E-state index contributed by atoms with van der Waals surface area (Å²) in [6.07, 6.45) is -3.62. The summed E-state index contributed by atoms with van der Waals surface area (Å²) in [6.45, 7) is 2.70. The lowest BCUT2D eigenvalue weighted by Gasteiger charge is -2.58. The van der Waals surface area contributed by atoms with E-state index in [4.69, 9.17) is 5.73 Å². The van der Waals surface area contributed by atoms with Gasteiger partial charge in [-0.3, -0.25) is 9.59 Å². The molecule has 2 heterocycles. The third kappa shape index (κ3) is 3.79. The van der Waals surface area contributed by atoms with Crippen LogP contribution in [0.1, 0.15) is 41.7 Å². The van der Waals surface area contributed by atoms with Crippen LogP contribution in [0.4, 0.5) is 23.4 Å². The van der Waals surface area contributed by atoms with Crippen LogP contribution in [-0.2, 0) is 11.0 Å². The van der Waals surface area contributed by atoms with Gasteiger partial charge in [0.05, 0.1) is 11.6 Å². The number of halogens is 4. The van der Waals surface area contributed by atoms with E-state index in [1.165, 1.54) is 11.7 Å². The van der Waals surface area contributed by atoms with E-state index in [0.717, 1.165) is 6.07 Å². The van der Waals surface area contributed by atoms with Crippen molar-refractivity contribution >= 4 is 17.6 Å². The minimum atomic E-state index is -4.91. The van der Waals surface area contributed by atoms with E-state index in [9.17, 15) is 27.2 Å². The molecule has 3 N–H and O–H groups in total. The second-order valence-corrected chi connectivity index (χ2v) is 8.42. The lowest BCUT2D eigenvalue weighted by molar-refractivity contribution is -0.148. The van der Waals surface area contributed by atoms with Gasteiger partial charge in [0.2, 0.25) is 0 Å². The first-order valence-corrected chi connectivity index (χ1v) is 10.2. The van der Waals surface area contributed by atoms with Crippen LogP contribution < -0.4 is 11.1 Å². The molecule has 1 aliphatic heterocycles. The molecule has 7 nitrogen and oxygen atoms in total. The number of hydrogen-bond donors (Lipinski definition) is 2. The second-order valence-electron chi connectivity index (χ2n) is 8.42. The van der Waals surface area contributed by atoms with E-state index < -0.39 is 23.5 Å². The van der Waals surface area contributed by atoms with Gasteiger partial charge in [0, 0.05) is 31.1 Å². The molecule has 2 amide bonds. The van der Waals surface area contributed by atoms with Gasteiger partial charge in [-0.1, -0.05) is 5.92 Å². The summed E-state index contributed by atoms with van der Waals surface area (Å²) in [5, 5.41) is 6.79. The summed E-state index contributed by atoms with van der Waals surface area (Å²) in [6, 6.07) is 2.27. The zero-order valence-corrected chi connectivity index (χ0v) is 17.9. The second kappa shape index (κ2) is 7.79. The molecule has 1 aromatic heterocycles. The fraction of sp³-hybridized carbons (Fsp3) is 0.409. The number of nitrogens with two attached hydrogens (primary N) is 1. The summed E-state index contributed by atoms with van der Waals surface area (Å²) in [4.78, 5) is 26.0. The number of carbonyl (C=O) groups excluding carboxylic acids is 2. The summed E-state index contributed by atoms with van der Waals surface area (Å²) in [5.41, 5.74) is 4.48. The maximum atomic E-state index is 13.8. The molecule has 1 saturated carbocycles. The topological polar surface area (TPSA) is 93.2 Å². The van der Waals surface area contributed by atoms with E-state index in [2.05, 4.69) is 22.3 Å². The highest BCUT2D eigenvalue weighted by atomic mass is 19.4. The van der Waals surface area contributed by atoms with Crippen LogP contribution in [0.3, 0.4) is 0 Å². The molecule has 2 aliphatic rings. The Kier molecular flexibility index (Phi) is 5.35. The Morgan fingerprint density at radius 1 is 1.27 bits per heavy atom. The van der Waals surface area contributed by atoms with E-state index in [-0.39, 0.29) is 40.0 Å². The minimum Gasteiger partial charge on any atom is -0.383 e. The Balaban J connectivity index is 1.64. The predicted molar refractivity (Wildman–Crippen MR) is 111 cm³/mol. The van der Waals surface area contributed by atoms with E-state index >= 15 is 0 Å². The fourth-order valence-electron chi connectivity index (χ4n) is 4.63. The van der Waals surface area contributed by atoms with Crippen LogP contribution in [0.15, 0.2) is 18.2 Å². The van der Waals surface area contributed by atoms with Crippen molar-refractivity contribution < 1.29 is 27.2 Å². The highest BCUT2D eigenvalue weighted by Crippen LogP contribution is 2.55. The van der Waals surface area contributed by atoms with E-state index in [1.807, 2.05) is 0 Å². The molecule has 2 fully saturated rings. The van der Waals surface area contributed by atoms with Crippen LogP contribution in [0, 0.1) is 23.1 Å². The van der Waals surface area contributed by atoms with Gasteiger partial charge in [-0.2, -0.15) is 18.3 Å². The quantitative estimate of drug-likeness (QED) is 0.541. The van der Waals surface area contributed by atoms with Crippen LogP contribution in [0.2, 0.25) is 0 Å². The smallest absolute Gasteiger partial charge is 0.383 e. The Labute approximate surface area is 186 Å². The molecular formula is C22H21F4N5O2. The monoisotopic (exact) mass is 463 g/mol. The normalized spacial score (nSPS) is 17.1. The van der Waals surface area contributed by atoms with Crippen molar-refractivity contribution in [3.63, 3.8) is 0 Å². The van der Waals surface area contributed by atoms with Crippen molar-refractivity contribution in [3.05, 3.63) is 35.1 Å². The number of anilines is 1. The number of alkyl halides is 3. The number of likely N-dealkylation sites (tertiary alicyclic amines) is 1. The number of nitrogens with zero attached hydrogens (tertiary/aromatic N) is 3. The standard InChI is InChI=1S/C22H21F4N5O2/c1-3-4-16(32)30-10-21(11-30)8-13(9-21)31-19(27)17(20(33)28-2)18(29-31)12-5-6-15(23)14(7-12)22(24,25)26/h5-7,13H,8-11,27H2,1-2H3,(H,28,33). The molecule has 1 saturated heterocycles. The SMILES string of the molecule is CC#CC(=O)N1CC2(CC(n3nc(-c4ccc(F)c(C(F)(F)F)c4)c(C(=O)NC)c3N)C2)C1. The minimum absolute atomic E-state index is 0.0196. The van der Waals surface area contributed by atoms with Gasteiger partial charge >= 0.3 is 6.18 Å². The average Bonchev–Trinajstić information content (AvgIpc) is 3.02. The number of aromatic nitrogens is 2. The molecule has 0 bridgehead atoms. The molecule has 0 atom stereocenters.